The molecule has 0 unspecified atom stereocenters. The Morgan fingerprint density at radius 2 is 1.81 bits per heavy atom. The van der Waals surface area contributed by atoms with Crippen molar-refractivity contribution < 1.29 is 19.2 Å². The maximum Gasteiger partial charge on any atom is 0.325 e. The molecule has 0 aromatic carbocycles. The van der Waals surface area contributed by atoms with E-state index in [9.17, 15) is 19.2 Å². The van der Waals surface area contributed by atoms with Gasteiger partial charge in [-0.25, -0.2) is 9.59 Å². The van der Waals surface area contributed by atoms with Crippen LogP contribution in [0.3, 0.4) is 0 Å². The standard InChI is InChI=1S/C18H28N4O4/c1-12-7-3-4-8-13(12)19-16(25)20-14(23)11-22-15(24)18(21-17(22)26)9-5-2-6-10-18/h12-13H,2-11H2,1H3,(H,21,26)(H2,19,20,23,25)/t12-,13+/m0/s1. The Balaban J connectivity index is 1.52. The summed E-state index contributed by atoms with van der Waals surface area (Å²) in [6, 6.07) is -1.06. The van der Waals surface area contributed by atoms with Gasteiger partial charge in [0.1, 0.15) is 12.1 Å². The van der Waals surface area contributed by atoms with E-state index in [-0.39, 0.29) is 11.9 Å². The fourth-order valence-electron chi connectivity index (χ4n) is 4.36. The first-order chi connectivity index (χ1) is 12.4. The van der Waals surface area contributed by atoms with Gasteiger partial charge in [0.15, 0.2) is 0 Å². The SMILES string of the molecule is C[C@H]1CCCC[C@H]1NC(=O)NC(=O)CN1C(=O)NC2(CCCCC2)C1=O. The van der Waals surface area contributed by atoms with E-state index < -0.39 is 30.1 Å². The van der Waals surface area contributed by atoms with Crippen molar-refractivity contribution in [2.45, 2.75) is 76.3 Å². The third-order valence-electron chi connectivity index (χ3n) is 5.94. The second-order valence-electron chi connectivity index (χ2n) is 7.85. The number of imide groups is 2. The number of hydrogen-bond acceptors (Lipinski definition) is 4. The normalized spacial score (nSPS) is 28.0. The molecular formula is C18H28N4O4. The second kappa shape index (κ2) is 7.63. The van der Waals surface area contributed by atoms with E-state index >= 15 is 0 Å². The van der Waals surface area contributed by atoms with Gasteiger partial charge in [-0.3, -0.25) is 19.8 Å². The molecule has 0 bridgehead atoms. The van der Waals surface area contributed by atoms with E-state index in [0.717, 1.165) is 49.8 Å². The Morgan fingerprint density at radius 3 is 2.50 bits per heavy atom. The summed E-state index contributed by atoms with van der Waals surface area (Å²) in [4.78, 5) is 49.9. The molecule has 144 valence electrons. The lowest BCUT2D eigenvalue weighted by molar-refractivity contribution is -0.135. The molecule has 2 atom stereocenters. The summed E-state index contributed by atoms with van der Waals surface area (Å²) in [5.41, 5.74) is -0.852. The summed E-state index contributed by atoms with van der Waals surface area (Å²) in [5.74, 6) is -0.623. The van der Waals surface area contributed by atoms with Crippen LogP contribution in [0.2, 0.25) is 0 Å². The smallest absolute Gasteiger partial charge is 0.325 e. The number of urea groups is 2. The maximum absolute atomic E-state index is 12.6. The quantitative estimate of drug-likeness (QED) is 0.662. The Kier molecular flexibility index (Phi) is 5.48. The molecule has 3 rings (SSSR count). The molecule has 8 nitrogen and oxygen atoms in total. The van der Waals surface area contributed by atoms with Gasteiger partial charge in [-0.2, -0.15) is 0 Å². The average molecular weight is 364 g/mol. The number of amides is 6. The molecule has 8 heteroatoms. The summed E-state index contributed by atoms with van der Waals surface area (Å²) >= 11 is 0. The fraction of sp³-hybridized carbons (Fsp3) is 0.778. The van der Waals surface area contributed by atoms with Crippen LogP contribution in [0.1, 0.15) is 64.7 Å². The molecule has 1 saturated heterocycles. The van der Waals surface area contributed by atoms with Crippen LogP contribution < -0.4 is 16.0 Å². The number of carbonyl (C=O) groups excluding carboxylic acids is 4. The topological polar surface area (TPSA) is 108 Å². The van der Waals surface area contributed by atoms with Gasteiger partial charge in [-0.1, -0.05) is 39.0 Å². The van der Waals surface area contributed by atoms with Crippen molar-refractivity contribution in [2.24, 2.45) is 5.92 Å². The molecular weight excluding hydrogens is 336 g/mol. The van der Waals surface area contributed by atoms with Gasteiger partial charge in [0.2, 0.25) is 5.91 Å². The number of nitrogens with zero attached hydrogens (tertiary/aromatic N) is 1. The highest BCUT2D eigenvalue weighted by Crippen LogP contribution is 2.33. The third-order valence-corrected chi connectivity index (χ3v) is 5.94. The zero-order chi connectivity index (χ0) is 18.7. The van der Waals surface area contributed by atoms with Gasteiger partial charge >= 0.3 is 12.1 Å². The van der Waals surface area contributed by atoms with Gasteiger partial charge in [0, 0.05) is 6.04 Å². The molecule has 26 heavy (non-hydrogen) atoms. The van der Waals surface area contributed by atoms with Crippen LogP contribution in [-0.2, 0) is 9.59 Å². The second-order valence-corrected chi connectivity index (χ2v) is 7.85. The zero-order valence-corrected chi connectivity index (χ0v) is 15.3. The average Bonchev–Trinajstić information content (AvgIpc) is 2.81. The lowest BCUT2D eigenvalue weighted by atomic mass is 9.82. The molecule has 0 aromatic rings. The third kappa shape index (κ3) is 3.83. The first-order valence-corrected chi connectivity index (χ1v) is 9.66. The van der Waals surface area contributed by atoms with Crippen molar-refractivity contribution in [3.63, 3.8) is 0 Å². The molecule has 6 amide bonds. The summed E-state index contributed by atoms with van der Waals surface area (Å²) < 4.78 is 0. The van der Waals surface area contributed by atoms with Crippen LogP contribution in [0.4, 0.5) is 9.59 Å². The van der Waals surface area contributed by atoms with Crippen molar-refractivity contribution in [2.75, 3.05) is 6.54 Å². The minimum Gasteiger partial charge on any atom is -0.335 e. The van der Waals surface area contributed by atoms with Gasteiger partial charge in [0.05, 0.1) is 0 Å². The molecule has 0 aromatic heterocycles. The zero-order valence-electron chi connectivity index (χ0n) is 15.3. The lowest BCUT2D eigenvalue weighted by Crippen LogP contribution is -2.51. The van der Waals surface area contributed by atoms with Crippen molar-refractivity contribution >= 4 is 23.9 Å². The van der Waals surface area contributed by atoms with E-state index in [0.29, 0.717) is 18.8 Å². The number of nitrogens with one attached hydrogen (secondary N) is 3. The van der Waals surface area contributed by atoms with Gasteiger partial charge in [-0.05, 0) is 31.6 Å². The van der Waals surface area contributed by atoms with E-state index in [4.69, 9.17) is 0 Å². The number of rotatable bonds is 3. The van der Waals surface area contributed by atoms with Crippen LogP contribution in [-0.4, -0.2) is 46.9 Å². The molecule has 2 aliphatic carbocycles. The minimum absolute atomic E-state index is 0.0544. The molecule has 2 saturated carbocycles. The van der Waals surface area contributed by atoms with Gasteiger partial charge in [-0.15, -0.1) is 0 Å². The van der Waals surface area contributed by atoms with Crippen LogP contribution in [0, 0.1) is 5.92 Å². The van der Waals surface area contributed by atoms with Crippen LogP contribution in [0.5, 0.6) is 0 Å². The number of carbonyl (C=O) groups is 4. The van der Waals surface area contributed by atoms with E-state index in [1.807, 2.05) is 0 Å². The summed E-state index contributed by atoms with van der Waals surface area (Å²) in [6.45, 7) is 1.66. The maximum atomic E-state index is 12.6. The Labute approximate surface area is 153 Å². The summed E-state index contributed by atoms with van der Waals surface area (Å²) in [6.07, 6.45) is 8.21. The number of hydrogen-bond donors (Lipinski definition) is 3. The van der Waals surface area contributed by atoms with Crippen LogP contribution in [0.15, 0.2) is 0 Å². The van der Waals surface area contributed by atoms with E-state index in [1.54, 1.807) is 0 Å². The van der Waals surface area contributed by atoms with Gasteiger partial charge < -0.3 is 10.6 Å². The molecule has 1 aliphatic heterocycles. The lowest BCUT2D eigenvalue weighted by Gasteiger charge is -2.30. The predicted molar refractivity (Wildman–Crippen MR) is 94.2 cm³/mol. The van der Waals surface area contributed by atoms with Crippen molar-refractivity contribution in [3.05, 3.63) is 0 Å². The van der Waals surface area contributed by atoms with E-state index in [2.05, 4.69) is 22.9 Å². The Hall–Kier alpha value is -2.12. The highest BCUT2D eigenvalue weighted by molar-refractivity contribution is 6.10. The first-order valence-electron chi connectivity index (χ1n) is 9.66. The fourth-order valence-corrected chi connectivity index (χ4v) is 4.36. The molecule has 1 heterocycles. The van der Waals surface area contributed by atoms with Crippen molar-refractivity contribution in [1.82, 2.24) is 20.9 Å². The van der Waals surface area contributed by atoms with E-state index in [1.165, 1.54) is 0 Å². The largest absolute Gasteiger partial charge is 0.335 e. The monoisotopic (exact) mass is 364 g/mol. The molecule has 3 fully saturated rings. The Morgan fingerprint density at radius 1 is 1.12 bits per heavy atom. The predicted octanol–water partition coefficient (Wildman–Crippen LogP) is 1.65. The molecule has 1 spiro atoms. The first kappa shape index (κ1) is 18.7. The minimum atomic E-state index is -0.852. The van der Waals surface area contributed by atoms with Gasteiger partial charge in [0.25, 0.3) is 5.91 Å². The van der Waals surface area contributed by atoms with Crippen LogP contribution in [0.25, 0.3) is 0 Å². The molecule has 3 N–H and O–H groups in total. The van der Waals surface area contributed by atoms with Crippen molar-refractivity contribution in [3.8, 4) is 0 Å². The molecule has 0 radical (unpaired) electrons. The summed E-state index contributed by atoms with van der Waals surface area (Å²) in [5, 5.41) is 7.83. The highest BCUT2D eigenvalue weighted by atomic mass is 16.2. The summed E-state index contributed by atoms with van der Waals surface area (Å²) in [7, 11) is 0. The molecule has 3 aliphatic rings. The van der Waals surface area contributed by atoms with Crippen molar-refractivity contribution in [1.29, 1.82) is 0 Å². The Bertz CT molecular complexity index is 600. The highest BCUT2D eigenvalue weighted by Gasteiger charge is 2.51. The van der Waals surface area contributed by atoms with Crippen LogP contribution >= 0.6 is 0 Å².